The van der Waals surface area contributed by atoms with Gasteiger partial charge in [-0.3, -0.25) is 4.99 Å². The highest BCUT2D eigenvalue weighted by atomic mass is 127. The Morgan fingerprint density at radius 2 is 1.90 bits per heavy atom. The number of ether oxygens (including phenoxy) is 3. The standard InChI is InChI=1S/C23H30N4O3.HI/c1-24-23(25-14-21-10-16-6-4-5-7-22(16)30-21)26-17-8-9-27(15-17)18-11-19(28-2)13-20(12-18)29-3;/h4-7,11-13,17,21H,8-10,14-15H2,1-3H3,(H2,24,25,26);1H. The Bertz CT molecular complexity index is 861. The zero-order valence-corrected chi connectivity index (χ0v) is 20.6. The van der Waals surface area contributed by atoms with Gasteiger partial charge in [-0.25, -0.2) is 0 Å². The smallest absolute Gasteiger partial charge is 0.191 e. The van der Waals surface area contributed by atoms with Gasteiger partial charge in [0.25, 0.3) is 0 Å². The molecule has 2 unspecified atom stereocenters. The van der Waals surface area contributed by atoms with Crippen LogP contribution in [0.25, 0.3) is 0 Å². The van der Waals surface area contributed by atoms with Crippen molar-refractivity contribution in [1.82, 2.24) is 10.6 Å². The molecule has 0 radical (unpaired) electrons. The highest BCUT2D eigenvalue weighted by Crippen LogP contribution is 2.30. The number of anilines is 1. The van der Waals surface area contributed by atoms with Crippen molar-refractivity contribution in [3.8, 4) is 17.2 Å². The summed E-state index contributed by atoms with van der Waals surface area (Å²) in [6.07, 6.45) is 2.09. The molecule has 0 aliphatic carbocycles. The van der Waals surface area contributed by atoms with E-state index in [2.05, 4.69) is 32.7 Å². The van der Waals surface area contributed by atoms with Gasteiger partial charge in [0.1, 0.15) is 23.4 Å². The molecule has 0 amide bonds. The average molecular weight is 538 g/mol. The van der Waals surface area contributed by atoms with Crippen LogP contribution in [0.15, 0.2) is 47.5 Å². The topological polar surface area (TPSA) is 67.4 Å². The number of halogens is 1. The maximum atomic E-state index is 6.01. The largest absolute Gasteiger partial charge is 0.497 e. The van der Waals surface area contributed by atoms with Gasteiger partial charge in [0.2, 0.25) is 0 Å². The lowest BCUT2D eigenvalue weighted by molar-refractivity contribution is 0.234. The molecule has 1 saturated heterocycles. The first-order chi connectivity index (χ1) is 14.7. The van der Waals surface area contributed by atoms with E-state index in [0.717, 1.165) is 61.4 Å². The number of guanidine groups is 1. The summed E-state index contributed by atoms with van der Waals surface area (Å²) in [5.41, 5.74) is 2.38. The number of fused-ring (bicyclic) bond motifs is 1. The van der Waals surface area contributed by atoms with E-state index in [9.17, 15) is 0 Å². The van der Waals surface area contributed by atoms with Gasteiger partial charge >= 0.3 is 0 Å². The van der Waals surface area contributed by atoms with E-state index in [0.29, 0.717) is 6.04 Å². The average Bonchev–Trinajstić information content (AvgIpc) is 3.42. The fourth-order valence-corrected chi connectivity index (χ4v) is 4.05. The molecule has 2 heterocycles. The summed E-state index contributed by atoms with van der Waals surface area (Å²) in [5, 5.41) is 6.97. The fraction of sp³-hybridized carbons (Fsp3) is 0.435. The molecule has 0 saturated carbocycles. The van der Waals surface area contributed by atoms with Crippen LogP contribution >= 0.6 is 24.0 Å². The van der Waals surface area contributed by atoms with Crippen molar-refractivity contribution in [3.63, 3.8) is 0 Å². The Kier molecular flexibility index (Phi) is 8.11. The van der Waals surface area contributed by atoms with Crippen molar-refractivity contribution in [1.29, 1.82) is 0 Å². The van der Waals surface area contributed by atoms with Crippen LogP contribution < -0.4 is 29.7 Å². The molecule has 7 nitrogen and oxygen atoms in total. The van der Waals surface area contributed by atoms with Gasteiger partial charge < -0.3 is 29.7 Å². The van der Waals surface area contributed by atoms with Gasteiger partial charge in [0.15, 0.2) is 5.96 Å². The molecule has 0 bridgehead atoms. The van der Waals surface area contributed by atoms with Crippen LogP contribution in [0, 0.1) is 0 Å². The Balaban J connectivity index is 0.00000272. The number of rotatable bonds is 6. The molecule has 168 valence electrons. The third kappa shape index (κ3) is 5.66. The van der Waals surface area contributed by atoms with Gasteiger partial charge in [-0.05, 0) is 18.1 Å². The molecule has 2 aliphatic rings. The van der Waals surface area contributed by atoms with E-state index in [-0.39, 0.29) is 30.1 Å². The maximum Gasteiger partial charge on any atom is 0.191 e. The molecule has 8 heteroatoms. The summed E-state index contributed by atoms with van der Waals surface area (Å²) in [6.45, 7) is 2.58. The molecular weight excluding hydrogens is 507 g/mol. The Hall–Kier alpha value is -2.36. The number of benzene rings is 2. The summed E-state index contributed by atoms with van der Waals surface area (Å²) >= 11 is 0. The van der Waals surface area contributed by atoms with Crippen molar-refractivity contribution in [2.45, 2.75) is 25.0 Å². The van der Waals surface area contributed by atoms with Gasteiger partial charge in [-0.1, -0.05) is 18.2 Å². The van der Waals surface area contributed by atoms with Crippen LogP contribution in [0.1, 0.15) is 12.0 Å². The van der Waals surface area contributed by atoms with Crippen LogP contribution in [0.4, 0.5) is 5.69 Å². The fourth-order valence-electron chi connectivity index (χ4n) is 4.05. The van der Waals surface area contributed by atoms with E-state index >= 15 is 0 Å². The lowest BCUT2D eigenvalue weighted by Gasteiger charge is -2.22. The quantitative estimate of drug-likeness (QED) is 0.335. The first-order valence-corrected chi connectivity index (χ1v) is 10.4. The Morgan fingerprint density at radius 1 is 1.16 bits per heavy atom. The molecule has 31 heavy (non-hydrogen) atoms. The second-order valence-corrected chi connectivity index (χ2v) is 7.65. The van der Waals surface area contributed by atoms with Crippen molar-refractivity contribution in [2.75, 3.05) is 45.8 Å². The van der Waals surface area contributed by atoms with E-state index in [1.807, 2.05) is 30.3 Å². The number of hydrogen-bond acceptors (Lipinski definition) is 5. The molecule has 0 aromatic heterocycles. The summed E-state index contributed by atoms with van der Waals surface area (Å²) < 4.78 is 16.8. The third-order valence-corrected chi connectivity index (χ3v) is 5.67. The number of para-hydroxylation sites is 1. The van der Waals surface area contributed by atoms with Crippen LogP contribution in [0.3, 0.4) is 0 Å². The molecular formula is C23H31IN4O3. The lowest BCUT2D eigenvalue weighted by Crippen LogP contribution is -2.47. The van der Waals surface area contributed by atoms with Crippen molar-refractivity contribution in [2.24, 2.45) is 4.99 Å². The predicted molar refractivity (Wildman–Crippen MR) is 135 cm³/mol. The molecule has 2 aromatic carbocycles. The minimum absolute atomic E-state index is 0. The molecule has 1 fully saturated rings. The summed E-state index contributed by atoms with van der Waals surface area (Å²) in [6, 6.07) is 14.5. The van der Waals surface area contributed by atoms with Crippen molar-refractivity contribution < 1.29 is 14.2 Å². The minimum atomic E-state index is 0. The third-order valence-electron chi connectivity index (χ3n) is 5.67. The molecule has 0 spiro atoms. The van der Waals surface area contributed by atoms with Crippen LogP contribution in [0.5, 0.6) is 17.2 Å². The number of nitrogens with one attached hydrogen (secondary N) is 2. The van der Waals surface area contributed by atoms with Gasteiger partial charge in [-0.15, -0.1) is 24.0 Å². The molecule has 2 N–H and O–H groups in total. The first-order valence-electron chi connectivity index (χ1n) is 10.4. The normalized spacial score (nSPS) is 19.8. The van der Waals surface area contributed by atoms with Gasteiger partial charge in [0, 0.05) is 56.5 Å². The van der Waals surface area contributed by atoms with Gasteiger partial charge in [-0.2, -0.15) is 0 Å². The zero-order valence-electron chi connectivity index (χ0n) is 18.3. The Morgan fingerprint density at radius 3 is 2.58 bits per heavy atom. The second-order valence-electron chi connectivity index (χ2n) is 7.65. The number of hydrogen-bond donors (Lipinski definition) is 2. The summed E-state index contributed by atoms with van der Waals surface area (Å²) in [4.78, 5) is 6.73. The van der Waals surface area contributed by atoms with Crippen LogP contribution in [0.2, 0.25) is 0 Å². The maximum absolute atomic E-state index is 6.01. The highest BCUT2D eigenvalue weighted by Gasteiger charge is 2.26. The SMILES string of the molecule is CN=C(NCC1Cc2ccccc2O1)NC1CCN(c2cc(OC)cc(OC)c2)C1.I. The summed E-state index contributed by atoms with van der Waals surface area (Å²) in [7, 11) is 5.16. The molecule has 2 atom stereocenters. The van der Waals surface area contributed by atoms with Crippen molar-refractivity contribution in [3.05, 3.63) is 48.0 Å². The second kappa shape index (κ2) is 10.8. The minimum Gasteiger partial charge on any atom is -0.497 e. The monoisotopic (exact) mass is 538 g/mol. The van der Waals surface area contributed by atoms with Crippen LogP contribution in [-0.4, -0.2) is 59.0 Å². The van der Waals surface area contributed by atoms with E-state index < -0.39 is 0 Å². The summed E-state index contributed by atoms with van der Waals surface area (Å²) in [5.74, 6) is 3.41. The highest BCUT2D eigenvalue weighted by molar-refractivity contribution is 14.0. The van der Waals surface area contributed by atoms with E-state index in [1.165, 1.54) is 5.56 Å². The number of aliphatic imine (C=N–C) groups is 1. The van der Waals surface area contributed by atoms with Gasteiger partial charge in [0.05, 0.1) is 20.8 Å². The zero-order chi connectivity index (χ0) is 20.9. The van der Waals surface area contributed by atoms with E-state index in [1.54, 1.807) is 21.3 Å². The number of methoxy groups -OCH3 is 2. The van der Waals surface area contributed by atoms with Crippen LogP contribution in [-0.2, 0) is 6.42 Å². The first kappa shape index (κ1) is 23.3. The molecule has 4 rings (SSSR count). The number of nitrogens with zero attached hydrogens (tertiary/aromatic N) is 2. The predicted octanol–water partition coefficient (Wildman–Crippen LogP) is 3.07. The van der Waals surface area contributed by atoms with E-state index in [4.69, 9.17) is 14.2 Å². The Labute approximate surface area is 201 Å². The molecule has 2 aromatic rings. The molecule has 2 aliphatic heterocycles. The lowest BCUT2D eigenvalue weighted by atomic mass is 10.1. The van der Waals surface area contributed by atoms with Crippen molar-refractivity contribution >= 4 is 35.6 Å².